The number of thiazole rings is 1. The molecular weight excluding hydrogens is 304 g/mol. The van der Waals surface area contributed by atoms with E-state index >= 15 is 0 Å². The molecule has 0 aliphatic rings. The maximum Gasteiger partial charge on any atom is 0.311 e. The van der Waals surface area contributed by atoms with Gasteiger partial charge in [-0.25, -0.2) is 4.98 Å². The minimum absolute atomic E-state index is 0.168. The average molecular weight is 322 g/mol. The van der Waals surface area contributed by atoms with E-state index in [0.29, 0.717) is 28.9 Å². The fourth-order valence-electron chi connectivity index (χ4n) is 1.83. The van der Waals surface area contributed by atoms with E-state index in [0.717, 1.165) is 5.69 Å². The van der Waals surface area contributed by atoms with Gasteiger partial charge in [-0.3, -0.25) is 4.79 Å². The molecule has 0 unspecified atom stereocenters. The van der Waals surface area contributed by atoms with Crippen LogP contribution in [0.15, 0.2) is 23.6 Å². The molecule has 0 aliphatic carbocycles. The molecule has 2 aromatic rings. The molecule has 6 nitrogen and oxygen atoms in total. The van der Waals surface area contributed by atoms with Gasteiger partial charge in [0.2, 0.25) is 0 Å². The van der Waals surface area contributed by atoms with Crippen LogP contribution in [-0.2, 0) is 16.0 Å². The van der Waals surface area contributed by atoms with Gasteiger partial charge in [0.25, 0.3) is 0 Å². The van der Waals surface area contributed by atoms with Crippen molar-refractivity contribution in [2.45, 2.75) is 13.3 Å². The molecular formula is C15H18N2O4S. The fourth-order valence-corrected chi connectivity index (χ4v) is 2.55. The van der Waals surface area contributed by atoms with Crippen molar-refractivity contribution in [3.8, 4) is 11.5 Å². The summed E-state index contributed by atoms with van der Waals surface area (Å²) in [5, 5.41) is 5.67. The number of nitrogens with zero attached hydrogens (tertiary/aromatic N) is 1. The molecule has 0 bridgehead atoms. The minimum Gasteiger partial charge on any atom is -0.497 e. The maximum absolute atomic E-state index is 11.4. The van der Waals surface area contributed by atoms with E-state index in [1.165, 1.54) is 11.3 Å². The highest BCUT2D eigenvalue weighted by atomic mass is 32.1. The van der Waals surface area contributed by atoms with Crippen molar-refractivity contribution in [3.63, 3.8) is 0 Å². The zero-order chi connectivity index (χ0) is 15.9. The zero-order valence-corrected chi connectivity index (χ0v) is 13.5. The van der Waals surface area contributed by atoms with Crippen LogP contribution in [0.4, 0.5) is 10.8 Å². The summed E-state index contributed by atoms with van der Waals surface area (Å²) in [6.45, 7) is 2.15. The van der Waals surface area contributed by atoms with E-state index in [1.54, 1.807) is 21.1 Å². The molecule has 1 heterocycles. The SMILES string of the molecule is CCOC(=O)Cc1csc(Nc2cc(OC)ccc2OC)n1. The second kappa shape index (κ2) is 7.65. The van der Waals surface area contributed by atoms with Gasteiger partial charge in [-0.2, -0.15) is 0 Å². The monoisotopic (exact) mass is 322 g/mol. The van der Waals surface area contributed by atoms with Gasteiger partial charge in [0.15, 0.2) is 5.13 Å². The smallest absolute Gasteiger partial charge is 0.311 e. The summed E-state index contributed by atoms with van der Waals surface area (Å²) in [5.74, 6) is 1.12. The van der Waals surface area contributed by atoms with E-state index in [9.17, 15) is 4.79 Å². The van der Waals surface area contributed by atoms with Gasteiger partial charge in [0.1, 0.15) is 11.5 Å². The number of aromatic nitrogens is 1. The van der Waals surface area contributed by atoms with Gasteiger partial charge in [-0.05, 0) is 19.1 Å². The van der Waals surface area contributed by atoms with Crippen LogP contribution in [0.2, 0.25) is 0 Å². The highest BCUT2D eigenvalue weighted by Gasteiger charge is 2.11. The Morgan fingerprint density at radius 1 is 1.32 bits per heavy atom. The second-order valence-electron chi connectivity index (χ2n) is 4.32. The predicted molar refractivity (Wildman–Crippen MR) is 85.3 cm³/mol. The summed E-state index contributed by atoms with van der Waals surface area (Å²) in [4.78, 5) is 15.8. The lowest BCUT2D eigenvalue weighted by atomic mass is 10.2. The molecule has 0 radical (unpaired) electrons. The Morgan fingerprint density at radius 2 is 2.14 bits per heavy atom. The van der Waals surface area contributed by atoms with Crippen LogP contribution >= 0.6 is 11.3 Å². The Kier molecular flexibility index (Phi) is 5.60. The number of ether oxygens (including phenoxy) is 3. The summed E-state index contributed by atoms with van der Waals surface area (Å²) in [7, 11) is 3.20. The van der Waals surface area contributed by atoms with Crippen LogP contribution < -0.4 is 14.8 Å². The second-order valence-corrected chi connectivity index (χ2v) is 5.18. The van der Waals surface area contributed by atoms with Crippen molar-refractivity contribution in [1.82, 2.24) is 4.98 Å². The quantitative estimate of drug-likeness (QED) is 0.790. The molecule has 7 heteroatoms. The van der Waals surface area contributed by atoms with E-state index in [-0.39, 0.29) is 12.4 Å². The van der Waals surface area contributed by atoms with Crippen molar-refractivity contribution in [1.29, 1.82) is 0 Å². The molecule has 0 aliphatic heterocycles. The number of benzene rings is 1. The van der Waals surface area contributed by atoms with Gasteiger partial charge < -0.3 is 19.5 Å². The number of hydrogen-bond acceptors (Lipinski definition) is 7. The number of esters is 1. The fraction of sp³-hybridized carbons (Fsp3) is 0.333. The minimum atomic E-state index is -0.279. The van der Waals surface area contributed by atoms with Gasteiger partial charge in [-0.1, -0.05) is 0 Å². The first-order valence-corrected chi connectivity index (χ1v) is 7.63. The lowest BCUT2D eigenvalue weighted by molar-refractivity contribution is -0.142. The Labute approximate surface area is 133 Å². The van der Waals surface area contributed by atoms with Crippen LogP contribution in [0.25, 0.3) is 0 Å². The number of anilines is 2. The van der Waals surface area contributed by atoms with Crippen LogP contribution in [-0.4, -0.2) is 31.8 Å². The standard InChI is InChI=1S/C15H18N2O4S/c1-4-21-14(18)7-10-9-22-15(16-10)17-12-8-11(19-2)5-6-13(12)20-3/h5-6,8-9H,4,7H2,1-3H3,(H,16,17). The normalized spacial score (nSPS) is 10.1. The number of rotatable bonds is 7. The summed E-state index contributed by atoms with van der Waals surface area (Å²) >= 11 is 1.41. The zero-order valence-electron chi connectivity index (χ0n) is 12.7. The van der Waals surface area contributed by atoms with Crippen molar-refractivity contribution in [3.05, 3.63) is 29.3 Å². The van der Waals surface area contributed by atoms with E-state index in [4.69, 9.17) is 14.2 Å². The van der Waals surface area contributed by atoms with Crippen molar-refractivity contribution in [2.24, 2.45) is 0 Å². The number of carbonyl (C=O) groups excluding carboxylic acids is 1. The van der Waals surface area contributed by atoms with Crippen LogP contribution in [0.1, 0.15) is 12.6 Å². The molecule has 0 amide bonds. The number of nitrogens with one attached hydrogen (secondary N) is 1. The molecule has 0 saturated carbocycles. The van der Waals surface area contributed by atoms with Gasteiger partial charge >= 0.3 is 5.97 Å². The first-order valence-electron chi connectivity index (χ1n) is 6.75. The molecule has 0 atom stereocenters. The molecule has 1 N–H and O–H groups in total. The highest BCUT2D eigenvalue weighted by Crippen LogP contribution is 2.32. The molecule has 1 aromatic heterocycles. The molecule has 118 valence electrons. The number of methoxy groups -OCH3 is 2. The summed E-state index contributed by atoms with van der Waals surface area (Å²) < 4.78 is 15.4. The van der Waals surface area contributed by atoms with Crippen molar-refractivity contribution in [2.75, 3.05) is 26.1 Å². The summed E-state index contributed by atoms with van der Waals surface area (Å²) in [5.41, 5.74) is 1.42. The Bertz CT molecular complexity index is 642. The topological polar surface area (TPSA) is 69.7 Å². The number of carbonyl (C=O) groups is 1. The van der Waals surface area contributed by atoms with E-state index in [1.807, 2.05) is 23.6 Å². The third-order valence-corrected chi connectivity index (χ3v) is 3.64. The molecule has 0 spiro atoms. The lowest BCUT2D eigenvalue weighted by Gasteiger charge is -2.10. The summed E-state index contributed by atoms with van der Waals surface area (Å²) in [6.07, 6.45) is 0.168. The van der Waals surface area contributed by atoms with Crippen LogP contribution in [0.3, 0.4) is 0 Å². The lowest BCUT2D eigenvalue weighted by Crippen LogP contribution is -2.07. The average Bonchev–Trinajstić information content (AvgIpc) is 2.94. The Balaban J connectivity index is 2.11. The Morgan fingerprint density at radius 3 is 2.82 bits per heavy atom. The van der Waals surface area contributed by atoms with Crippen LogP contribution in [0, 0.1) is 0 Å². The molecule has 1 aromatic carbocycles. The first-order chi connectivity index (χ1) is 10.7. The molecule has 22 heavy (non-hydrogen) atoms. The predicted octanol–water partition coefficient (Wildman–Crippen LogP) is 3.01. The molecule has 2 rings (SSSR count). The van der Waals surface area contributed by atoms with Gasteiger partial charge in [0.05, 0.1) is 38.6 Å². The first kappa shape index (κ1) is 16.1. The van der Waals surface area contributed by atoms with Crippen LogP contribution in [0.5, 0.6) is 11.5 Å². The molecule has 0 saturated heterocycles. The summed E-state index contributed by atoms with van der Waals surface area (Å²) in [6, 6.07) is 5.46. The van der Waals surface area contributed by atoms with Crippen molar-refractivity contribution < 1.29 is 19.0 Å². The number of hydrogen-bond donors (Lipinski definition) is 1. The van der Waals surface area contributed by atoms with Gasteiger partial charge in [0, 0.05) is 11.4 Å². The van der Waals surface area contributed by atoms with E-state index in [2.05, 4.69) is 10.3 Å². The highest BCUT2D eigenvalue weighted by molar-refractivity contribution is 7.13. The van der Waals surface area contributed by atoms with Gasteiger partial charge in [-0.15, -0.1) is 11.3 Å². The largest absolute Gasteiger partial charge is 0.497 e. The Hall–Kier alpha value is -2.28. The van der Waals surface area contributed by atoms with Crippen molar-refractivity contribution >= 4 is 28.1 Å². The third-order valence-electron chi connectivity index (χ3n) is 2.83. The third kappa shape index (κ3) is 4.11. The van der Waals surface area contributed by atoms with E-state index < -0.39 is 0 Å². The maximum atomic E-state index is 11.4. The molecule has 0 fully saturated rings.